The van der Waals surface area contributed by atoms with Gasteiger partial charge < -0.3 is 14.9 Å². The SMILES string of the molecule is Cc1cc(C)n2nc(C)c(C(=O)N3C[C@@H]4CCN(C)C[C@]4(C(=O)O)C3)c2n1. The van der Waals surface area contributed by atoms with Crippen LogP contribution in [0.15, 0.2) is 6.07 Å². The number of rotatable bonds is 2. The first-order chi connectivity index (χ1) is 12.7. The lowest BCUT2D eigenvalue weighted by atomic mass is 9.73. The van der Waals surface area contributed by atoms with Crippen LogP contribution in [0.5, 0.6) is 0 Å². The minimum absolute atomic E-state index is 0.0197. The van der Waals surface area contributed by atoms with E-state index in [2.05, 4.69) is 10.1 Å². The Hall–Kier alpha value is -2.48. The first kappa shape index (κ1) is 17.9. The van der Waals surface area contributed by atoms with E-state index < -0.39 is 11.4 Å². The molecule has 2 saturated heterocycles. The Labute approximate surface area is 157 Å². The molecule has 0 saturated carbocycles. The van der Waals surface area contributed by atoms with Gasteiger partial charge in [0.2, 0.25) is 0 Å². The topological polar surface area (TPSA) is 91.0 Å². The molecule has 0 aliphatic carbocycles. The fourth-order valence-corrected chi connectivity index (χ4v) is 4.76. The molecule has 0 spiro atoms. The van der Waals surface area contributed by atoms with Crippen LogP contribution in [0.2, 0.25) is 0 Å². The molecule has 1 N–H and O–H groups in total. The van der Waals surface area contributed by atoms with E-state index in [1.807, 2.05) is 31.9 Å². The summed E-state index contributed by atoms with van der Waals surface area (Å²) in [6, 6.07) is 1.92. The van der Waals surface area contributed by atoms with E-state index in [1.54, 1.807) is 16.3 Å². The van der Waals surface area contributed by atoms with Gasteiger partial charge in [-0.2, -0.15) is 5.10 Å². The summed E-state index contributed by atoms with van der Waals surface area (Å²) in [4.78, 5) is 33.8. The summed E-state index contributed by atoms with van der Waals surface area (Å²) in [6.45, 7) is 7.67. The van der Waals surface area contributed by atoms with Crippen LogP contribution in [0.1, 0.15) is 33.9 Å². The summed E-state index contributed by atoms with van der Waals surface area (Å²) in [5, 5.41) is 14.4. The number of hydrogen-bond donors (Lipinski definition) is 1. The van der Waals surface area contributed by atoms with E-state index in [9.17, 15) is 14.7 Å². The van der Waals surface area contributed by atoms with Crippen molar-refractivity contribution in [3.63, 3.8) is 0 Å². The number of piperidine rings is 1. The van der Waals surface area contributed by atoms with Gasteiger partial charge in [0.05, 0.1) is 5.69 Å². The van der Waals surface area contributed by atoms with Gasteiger partial charge in [-0.15, -0.1) is 0 Å². The summed E-state index contributed by atoms with van der Waals surface area (Å²) < 4.78 is 1.69. The van der Waals surface area contributed by atoms with Gasteiger partial charge >= 0.3 is 5.97 Å². The van der Waals surface area contributed by atoms with Crippen molar-refractivity contribution in [3.8, 4) is 0 Å². The summed E-state index contributed by atoms with van der Waals surface area (Å²) in [7, 11) is 1.94. The molecule has 1 amide bonds. The molecule has 2 fully saturated rings. The lowest BCUT2D eigenvalue weighted by molar-refractivity contribution is -0.153. The molecule has 2 aromatic heterocycles. The first-order valence-corrected chi connectivity index (χ1v) is 9.28. The molecule has 0 unspecified atom stereocenters. The van der Waals surface area contributed by atoms with Crippen LogP contribution in [-0.2, 0) is 4.79 Å². The van der Waals surface area contributed by atoms with Crippen LogP contribution in [0.4, 0.5) is 0 Å². The van der Waals surface area contributed by atoms with E-state index in [0.717, 1.165) is 24.4 Å². The number of carboxylic acids is 1. The first-order valence-electron chi connectivity index (χ1n) is 9.28. The monoisotopic (exact) mass is 371 g/mol. The van der Waals surface area contributed by atoms with Gasteiger partial charge in [0, 0.05) is 31.0 Å². The maximum absolute atomic E-state index is 13.4. The fraction of sp³-hybridized carbons (Fsp3) is 0.579. The Morgan fingerprint density at radius 1 is 1.26 bits per heavy atom. The Kier molecular flexibility index (Phi) is 3.99. The number of aliphatic carboxylic acids is 1. The lowest BCUT2D eigenvalue weighted by Gasteiger charge is -2.39. The number of hydrogen-bond acceptors (Lipinski definition) is 5. The van der Waals surface area contributed by atoms with Gasteiger partial charge in [0.25, 0.3) is 5.91 Å². The minimum atomic E-state index is -0.890. The highest BCUT2D eigenvalue weighted by atomic mass is 16.4. The molecule has 27 heavy (non-hydrogen) atoms. The van der Waals surface area contributed by atoms with Gasteiger partial charge in [0.15, 0.2) is 5.65 Å². The van der Waals surface area contributed by atoms with Crippen LogP contribution in [0, 0.1) is 32.1 Å². The highest BCUT2D eigenvalue weighted by molar-refractivity contribution is 6.01. The number of fused-ring (bicyclic) bond motifs is 2. The predicted molar refractivity (Wildman–Crippen MR) is 98.8 cm³/mol. The molecule has 2 aliphatic heterocycles. The van der Waals surface area contributed by atoms with E-state index in [-0.39, 0.29) is 18.4 Å². The highest BCUT2D eigenvalue weighted by Gasteiger charge is 2.55. The van der Waals surface area contributed by atoms with Crippen molar-refractivity contribution < 1.29 is 14.7 Å². The van der Waals surface area contributed by atoms with Crippen LogP contribution >= 0.6 is 0 Å². The molecule has 4 heterocycles. The number of carbonyl (C=O) groups is 2. The normalized spacial score (nSPS) is 25.8. The van der Waals surface area contributed by atoms with Gasteiger partial charge in [-0.3, -0.25) is 9.59 Å². The Morgan fingerprint density at radius 2 is 2.00 bits per heavy atom. The quantitative estimate of drug-likeness (QED) is 0.851. The number of likely N-dealkylation sites (tertiary alicyclic amines) is 2. The molecule has 4 rings (SSSR count). The zero-order valence-corrected chi connectivity index (χ0v) is 16.2. The highest BCUT2D eigenvalue weighted by Crippen LogP contribution is 2.42. The van der Waals surface area contributed by atoms with Crippen LogP contribution in [-0.4, -0.2) is 74.6 Å². The molecule has 8 nitrogen and oxygen atoms in total. The second-order valence-electron chi connectivity index (χ2n) is 8.11. The molecular formula is C19H25N5O3. The third kappa shape index (κ3) is 2.62. The number of amides is 1. The maximum atomic E-state index is 13.4. The van der Waals surface area contributed by atoms with Crippen molar-refractivity contribution in [3.05, 3.63) is 28.7 Å². The largest absolute Gasteiger partial charge is 0.481 e. The van der Waals surface area contributed by atoms with Gasteiger partial charge in [0.1, 0.15) is 11.0 Å². The van der Waals surface area contributed by atoms with Crippen LogP contribution < -0.4 is 0 Å². The number of aromatic nitrogens is 3. The van der Waals surface area contributed by atoms with E-state index in [1.165, 1.54) is 0 Å². The summed E-state index contributed by atoms with van der Waals surface area (Å²) >= 11 is 0. The van der Waals surface area contributed by atoms with Crippen molar-refractivity contribution in [1.29, 1.82) is 0 Å². The fourth-order valence-electron chi connectivity index (χ4n) is 4.76. The number of carbonyl (C=O) groups excluding carboxylic acids is 1. The van der Waals surface area contributed by atoms with Crippen molar-refractivity contribution >= 4 is 17.5 Å². The lowest BCUT2D eigenvalue weighted by Crippen LogP contribution is -2.52. The van der Waals surface area contributed by atoms with Crippen molar-refractivity contribution in [2.75, 3.05) is 33.2 Å². The Bertz CT molecular complexity index is 952. The second kappa shape index (κ2) is 6.02. The van der Waals surface area contributed by atoms with Crippen molar-refractivity contribution in [1.82, 2.24) is 24.4 Å². The standard InChI is InChI=1S/C19H25N5O3/c1-11-7-12(2)24-16(20-11)15(13(3)21-24)17(25)23-8-14-5-6-22(4)9-19(14,10-23)18(26)27/h7,14H,5-6,8-10H2,1-4H3,(H,26,27)/t14-,19-/m0/s1. The van der Waals surface area contributed by atoms with Crippen molar-refractivity contribution in [2.45, 2.75) is 27.2 Å². The zero-order valence-electron chi connectivity index (χ0n) is 16.2. The average Bonchev–Trinajstić information content (AvgIpc) is 3.12. The van der Waals surface area contributed by atoms with Gasteiger partial charge in [-0.25, -0.2) is 9.50 Å². The summed E-state index contributed by atoms with van der Waals surface area (Å²) in [5.74, 6) is -0.998. The smallest absolute Gasteiger partial charge is 0.313 e. The van der Waals surface area contributed by atoms with Crippen LogP contribution in [0.3, 0.4) is 0 Å². The molecule has 8 heteroatoms. The molecule has 2 aromatic rings. The molecular weight excluding hydrogens is 346 g/mol. The van der Waals surface area contributed by atoms with Crippen molar-refractivity contribution in [2.24, 2.45) is 11.3 Å². The Balaban J connectivity index is 1.74. The summed E-state index contributed by atoms with van der Waals surface area (Å²) in [5.41, 5.74) is 2.50. The maximum Gasteiger partial charge on any atom is 0.313 e. The number of carboxylic acid groups (broad SMARTS) is 1. The number of nitrogens with zero attached hydrogens (tertiary/aromatic N) is 5. The third-order valence-corrected chi connectivity index (χ3v) is 6.10. The molecule has 0 bridgehead atoms. The van der Waals surface area contributed by atoms with Crippen LogP contribution in [0.25, 0.3) is 5.65 Å². The molecule has 2 atom stereocenters. The zero-order chi connectivity index (χ0) is 19.5. The Morgan fingerprint density at radius 3 is 2.70 bits per heavy atom. The summed E-state index contributed by atoms with van der Waals surface area (Å²) in [6.07, 6.45) is 0.788. The van der Waals surface area contributed by atoms with Gasteiger partial charge in [-0.05, 0) is 52.8 Å². The molecule has 0 radical (unpaired) electrons. The molecule has 2 aliphatic rings. The molecule has 0 aromatic carbocycles. The second-order valence-corrected chi connectivity index (χ2v) is 8.11. The van der Waals surface area contributed by atoms with E-state index >= 15 is 0 Å². The van der Waals surface area contributed by atoms with E-state index in [4.69, 9.17) is 0 Å². The van der Waals surface area contributed by atoms with E-state index in [0.29, 0.717) is 30.0 Å². The predicted octanol–water partition coefficient (Wildman–Crippen LogP) is 1.13. The third-order valence-electron chi connectivity index (χ3n) is 6.10. The average molecular weight is 371 g/mol. The molecule has 144 valence electrons. The minimum Gasteiger partial charge on any atom is -0.481 e. The number of aryl methyl sites for hydroxylation is 3. The van der Waals surface area contributed by atoms with Gasteiger partial charge in [-0.1, -0.05) is 0 Å².